The number of nitro benzene ring substituents is 1. The van der Waals surface area contributed by atoms with Crippen LogP contribution in [0.4, 0.5) is 11.4 Å². The molecule has 1 aromatic carbocycles. The van der Waals surface area contributed by atoms with E-state index in [9.17, 15) is 14.9 Å². The molecule has 0 spiro atoms. The van der Waals surface area contributed by atoms with Crippen molar-refractivity contribution in [3.05, 3.63) is 28.3 Å². The van der Waals surface area contributed by atoms with Crippen LogP contribution in [0.25, 0.3) is 0 Å². The van der Waals surface area contributed by atoms with Crippen molar-refractivity contribution in [2.75, 3.05) is 24.6 Å². The smallest absolute Gasteiger partial charge is 0.273 e. The van der Waals surface area contributed by atoms with Crippen LogP contribution >= 0.6 is 0 Å². The molecule has 7 nitrogen and oxygen atoms in total. The Labute approximate surface area is 103 Å². The molecule has 0 unspecified atom stereocenters. The topological polar surface area (TPSA) is 98.7 Å². The lowest BCUT2D eigenvalue weighted by Crippen LogP contribution is -2.39. The molecule has 7 heteroatoms. The van der Waals surface area contributed by atoms with Gasteiger partial charge in [0.1, 0.15) is 0 Å². The molecule has 0 atom stereocenters. The van der Waals surface area contributed by atoms with Gasteiger partial charge in [-0.15, -0.1) is 0 Å². The SMILES string of the molecule is NCCCN1C(=O)COc2cc([N+](=O)[O-])ccc21. The van der Waals surface area contributed by atoms with Crippen LogP contribution in [0.2, 0.25) is 0 Å². The number of hydrogen-bond donors (Lipinski definition) is 1. The third kappa shape index (κ3) is 2.25. The van der Waals surface area contributed by atoms with Gasteiger partial charge in [-0.1, -0.05) is 0 Å². The second-order valence-electron chi connectivity index (χ2n) is 3.89. The maximum absolute atomic E-state index is 11.7. The molecule has 0 saturated carbocycles. The first-order valence-corrected chi connectivity index (χ1v) is 5.55. The van der Waals surface area contributed by atoms with E-state index in [1.54, 1.807) is 4.90 Å². The molecule has 2 N–H and O–H groups in total. The number of carbonyl (C=O) groups excluding carboxylic acids is 1. The van der Waals surface area contributed by atoms with Crippen LogP contribution in [0.3, 0.4) is 0 Å². The number of benzene rings is 1. The van der Waals surface area contributed by atoms with E-state index in [2.05, 4.69) is 0 Å². The number of nitrogens with zero attached hydrogens (tertiary/aromatic N) is 2. The van der Waals surface area contributed by atoms with Crippen molar-refractivity contribution < 1.29 is 14.5 Å². The quantitative estimate of drug-likeness (QED) is 0.626. The van der Waals surface area contributed by atoms with Gasteiger partial charge in [-0.3, -0.25) is 14.9 Å². The molecular formula is C11H13N3O4. The lowest BCUT2D eigenvalue weighted by molar-refractivity contribution is -0.384. The van der Waals surface area contributed by atoms with Crippen molar-refractivity contribution in [1.29, 1.82) is 0 Å². The highest BCUT2D eigenvalue weighted by atomic mass is 16.6. The molecule has 0 radical (unpaired) electrons. The van der Waals surface area contributed by atoms with Gasteiger partial charge >= 0.3 is 0 Å². The van der Waals surface area contributed by atoms with Crippen molar-refractivity contribution in [2.45, 2.75) is 6.42 Å². The molecule has 0 aromatic heterocycles. The summed E-state index contributed by atoms with van der Waals surface area (Å²) in [6.07, 6.45) is 0.669. The van der Waals surface area contributed by atoms with Crippen LogP contribution in [0.15, 0.2) is 18.2 Å². The van der Waals surface area contributed by atoms with E-state index in [0.29, 0.717) is 30.9 Å². The van der Waals surface area contributed by atoms with Gasteiger partial charge in [-0.25, -0.2) is 0 Å². The first-order chi connectivity index (χ1) is 8.63. The Morgan fingerprint density at radius 2 is 2.28 bits per heavy atom. The molecule has 96 valence electrons. The first-order valence-electron chi connectivity index (χ1n) is 5.55. The fraction of sp³-hybridized carbons (Fsp3) is 0.364. The van der Waals surface area contributed by atoms with Crippen LogP contribution in [0.5, 0.6) is 5.75 Å². The minimum Gasteiger partial charge on any atom is -0.481 e. The van der Waals surface area contributed by atoms with E-state index in [0.717, 1.165) is 0 Å². The predicted octanol–water partition coefficient (Wildman–Crippen LogP) is 0.669. The normalized spacial score (nSPS) is 14.1. The van der Waals surface area contributed by atoms with Gasteiger partial charge in [0.15, 0.2) is 12.4 Å². The molecule has 1 aromatic rings. The average Bonchev–Trinajstić information content (AvgIpc) is 2.37. The number of carbonyl (C=O) groups is 1. The van der Waals surface area contributed by atoms with Crippen LogP contribution in [0.1, 0.15) is 6.42 Å². The number of non-ortho nitro benzene ring substituents is 1. The predicted molar refractivity (Wildman–Crippen MR) is 64.6 cm³/mol. The van der Waals surface area contributed by atoms with Gasteiger partial charge in [0.25, 0.3) is 11.6 Å². The van der Waals surface area contributed by atoms with Crippen LogP contribution < -0.4 is 15.4 Å². The van der Waals surface area contributed by atoms with E-state index < -0.39 is 4.92 Å². The average molecular weight is 251 g/mol. The van der Waals surface area contributed by atoms with E-state index in [1.165, 1.54) is 18.2 Å². The molecule has 0 saturated heterocycles. The number of rotatable bonds is 4. The summed E-state index contributed by atoms with van der Waals surface area (Å²) >= 11 is 0. The second-order valence-corrected chi connectivity index (χ2v) is 3.89. The van der Waals surface area contributed by atoms with E-state index in [1.807, 2.05) is 0 Å². The van der Waals surface area contributed by atoms with Crippen LogP contribution in [0, 0.1) is 10.1 Å². The Kier molecular flexibility index (Phi) is 3.42. The van der Waals surface area contributed by atoms with Gasteiger partial charge in [0.05, 0.1) is 16.7 Å². The highest BCUT2D eigenvalue weighted by Gasteiger charge is 2.26. The number of fused-ring (bicyclic) bond motifs is 1. The Balaban J connectivity index is 2.32. The van der Waals surface area contributed by atoms with Gasteiger partial charge < -0.3 is 15.4 Å². The maximum Gasteiger partial charge on any atom is 0.273 e. The Bertz CT molecular complexity index is 489. The summed E-state index contributed by atoms with van der Waals surface area (Å²) in [6, 6.07) is 4.22. The Hall–Kier alpha value is -2.15. The Morgan fingerprint density at radius 1 is 1.50 bits per heavy atom. The van der Waals surface area contributed by atoms with E-state index in [4.69, 9.17) is 10.5 Å². The zero-order valence-electron chi connectivity index (χ0n) is 9.67. The molecule has 0 fully saturated rings. The third-order valence-electron chi connectivity index (χ3n) is 2.68. The number of amides is 1. The summed E-state index contributed by atoms with van der Waals surface area (Å²) in [5.74, 6) is 0.200. The molecule has 18 heavy (non-hydrogen) atoms. The fourth-order valence-electron chi connectivity index (χ4n) is 1.80. The highest BCUT2D eigenvalue weighted by Crippen LogP contribution is 2.35. The van der Waals surface area contributed by atoms with E-state index in [-0.39, 0.29) is 18.2 Å². The third-order valence-corrected chi connectivity index (χ3v) is 2.68. The van der Waals surface area contributed by atoms with Gasteiger partial charge in [0, 0.05) is 12.6 Å². The number of anilines is 1. The minimum absolute atomic E-state index is 0.0538. The van der Waals surface area contributed by atoms with Crippen molar-refractivity contribution in [3.8, 4) is 5.75 Å². The summed E-state index contributed by atoms with van der Waals surface area (Å²) in [7, 11) is 0. The van der Waals surface area contributed by atoms with Crippen molar-refractivity contribution in [2.24, 2.45) is 5.73 Å². The summed E-state index contributed by atoms with van der Waals surface area (Å²) in [4.78, 5) is 23.4. The Morgan fingerprint density at radius 3 is 2.94 bits per heavy atom. The van der Waals surface area contributed by atoms with Crippen molar-refractivity contribution >= 4 is 17.3 Å². The number of hydrogen-bond acceptors (Lipinski definition) is 5. The number of ether oxygens (including phenoxy) is 1. The van der Waals surface area contributed by atoms with Crippen LogP contribution in [-0.2, 0) is 4.79 Å². The summed E-state index contributed by atoms with van der Waals surface area (Å²) in [5, 5.41) is 10.7. The lowest BCUT2D eigenvalue weighted by atomic mass is 10.2. The van der Waals surface area contributed by atoms with Crippen LogP contribution in [-0.4, -0.2) is 30.5 Å². The van der Waals surface area contributed by atoms with Crippen molar-refractivity contribution in [3.63, 3.8) is 0 Å². The number of nitro groups is 1. The molecule has 1 aliphatic heterocycles. The van der Waals surface area contributed by atoms with Gasteiger partial charge in [-0.2, -0.15) is 0 Å². The number of nitrogens with two attached hydrogens (primary N) is 1. The second kappa shape index (κ2) is 5.01. The molecular weight excluding hydrogens is 238 g/mol. The summed E-state index contributed by atoms with van der Waals surface area (Å²) < 4.78 is 5.21. The standard InChI is InChI=1S/C11H13N3O4/c12-4-1-5-13-9-3-2-8(14(16)17)6-10(9)18-7-11(13)15/h2-3,6H,1,4-5,7,12H2. The highest BCUT2D eigenvalue weighted by molar-refractivity contribution is 5.98. The molecule has 0 bridgehead atoms. The first kappa shape index (κ1) is 12.3. The molecule has 1 amide bonds. The zero-order valence-corrected chi connectivity index (χ0v) is 9.67. The monoisotopic (exact) mass is 251 g/mol. The fourth-order valence-corrected chi connectivity index (χ4v) is 1.80. The minimum atomic E-state index is -0.496. The van der Waals surface area contributed by atoms with Crippen molar-refractivity contribution in [1.82, 2.24) is 0 Å². The van der Waals surface area contributed by atoms with Gasteiger partial charge in [0.2, 0.25) is 0 Å². The largest absolute Gasteiger partial charge is 0.481 e. The molecule has 2 rings (SSSR count). The molecule has 0 aliphatic carbocycles. The molecule has 1 heterocycles. The summed E-state index contributed by atoms with van der Waals surface area (Å²) in [5.41, 5.74) is 5.92. The van der Waals surface area contributed by atoms with E-state index >= 15 is 0 Å². The van der Waals surface area contributed by atoms with Gasteiger partial charge in [-0.05, 0) is 19.0 Å². The lowest BCUT2D eigenvalue weighted by Gasteiger charge is -2.29. The maximum atomic E-state index is 11.7. The molecule has 1 aliphatic rings. The zero-order chi connectivity index (χ0) is 13.1. The summed E-state index contributed by atoms with van der Waals surface area (Å²) in [6.45, 7) is 0.870.